The van der Waals surface area contributed by atoms with Gasteiger partial charge in [-0.05, 0) is 55.7 Å². The van der Waals surface area contributed by atoms with Crippen molar-refractivity contribution in [1.82, 2.24) is 5.32 Å². The molecule has 0 saturated heterocycles. The number of para-hydroxylation sites is 2. The van der Waals surface area contributed by atoms with E-state index in [9.17, 15) is 13.2 Å². The number of hydrogen-bond donors (Lipinski definition) is 1. The van der Waals surface area contributed by atoms with Crippen LogP contribution in [-0.2, 0) is 14.8 Å². The van der Waals surface area contributed by atoms with E-state index in [1.165, 1.54) is 4.31 Å². The molecule has 0 radical (unpaired) electrons. The Morgan fingerprint density at radius 1 is 1.19 bits per heavy atom. The maximum atomic E-state index is 13.3. The summed E-state index contributed by atoms with van der Waals surface area (Å²) in [6.45, 7) is 6.21. The molecule has 1 unspecified atom stereocenters. The van der Waals surface area contributed by atoms with Crippen LogP contribution in [-0.4, -0.2) is 33.5 Å². The van der Waals surface area contributed by atoms with Crippen molar-refractivity contribution in [2.45, 2.75) is 38.2 Å². The van der Waals surface area contributed by atoms with Crippen LogP contribution in [0.15, 0.2) is 47.4 Å². The smallest absolute Gasteiger partial charge is 0.264 e. The fourth-order valence-corrected chi connectivity index (χ4v) is 4.49. The molecule has 1 N–H and O–H groups in total. The van der Waals surface area contributed by atoms with Crippen molar-refractivity contribution < 1.29 is 17.9 Å². The van der Waals surface area contributed by atoms with Crippen molar-refractivity contribution in [3.63, 3.8) is 0 Å². The number of anilines is 1. The molecule has 1 atom stereocenters. The number of ether oxygens (including phenoxy) is 1. The normalized spacial score (nSPS) is 16.4. The number of carbonyl (C=O) groups excluding carboxylic acids is 1. The maximum absolute atomic E-state index is 13.3. The Morgan fingerprint density at radius 3 is 2.63 bits per heavy atom. The van der Waals surface area contributed by atoms with Crippen molar-refractivity contribution in [1.29, 1.82) is 0 Å². The SMILES string of the molecule is CCCNC(=O)C1CN(S(=O)(=O)c2ccc(C)c(C)c2)c2ccccc2O1. The first-order valence-electron chi connectivity index (χ1n) is 8.98. The van der Waals surface area contributed by atoms with Gasteiger partial charge in [-0.25, -0.2) is 8.42 Å². The number of benzene rings is 2. The lowest BCUT2D eigenvalue weighted by Crippen LogP contribution is -2.50. The first-order valence-corrected chi connectivity index (χ1v) is 10.4. The van der Waals surface area contributed by atoms with Gasteiger partial charge in [-0.3, -0.25) is 9.10 Å². The fourth-order valence-electron chi connectivity index (χ4n) is 2.93. The molecule has 2 aromatic carbocycles. The number of rotatable bonds is 5. The van der Waals surface area contributed by atoms with E-state index in [-0.39, 0.29) is 17.3 Å². The highest BCUT2D eigenvalue weighted by atomic mass is 32.2. The van der Waals surface area contributed by atoms with Crippen LogP contribution in [0.3, 0.4) is 0 Å². The van der Waals surface area contributed by atoms with E-state index < -0.39 is 16.1 Å². The number of hydrogen-bond acceptors (Lipinski definition) is 4. The van der Waals surface area contributed by atoms with Gasteiger partial charge >= 0.3 is 0 Å². The molecule has 27 heavy (non-hydrogen) atoms. The van der Waals surface area contributed by atoms with Crippen LogP contribution < -0.4 is 14.4 Å². The summed E-state index contributed by atoms with van der Waals surface area (Å²) in [5.74, 6) is 0.0689. The monoisotopic (exact) mass is 388 g/mol. The summed E-state index contributed by atoms with van der Waals surface area (Å²) in [5, 5.41) is 2.78. The Bertz CT molecular complexity index is 956. The summed E-state index contributed by atoms with van der Waals surface area (Å²) in [7, 11) is -3.83. The van der Waals surface area contributed by atoms with Crippen LogP contribution in [0.1, 0.15) is 24.5 Å². The van der Waals surface area contributed by atoms with E-state index in [0.29, 0.717) is 18.0 Å². The van der Waals surface area contributed by atoms with Gasteiger partial charge in [-0.15, -0.1) is 0 Å². The van der Waals surface area contributed by atoms with Crippen molar-refractivity contribution in [3.05, 3.63) is 53.6 Å². The molecule has 0 fully saturated rings. The number of nitrogens with zero attached hydrogens (tertiary/aromatic N) is 1. The summed E-state index contributed by atoms with van der Waals surface area (Å²) in [5.41, 5.74) is 2.36. The lowest BCUT2D eigenvalue weighted by molar-refractivity contribution is -0.127. The van der Waals surface area contributed by atoms with E-state index in [4.69, 9.17) is 4.74 Å². The first kappa shape index (κ1) is 19.2. The van der Waals surface area contributed by atoms with Gasteiger partial charge in [-0.1, -0.05) is 25.1 Å². The van der Waals surface area contributed by atoms with Gasteiger partial charge in [0.05, 0.1) is 17.1 Å². The summed E-state index contributed by atoms with van der Waals surface area (Å²) in [4.78, 5) is 12.6. The fraction of sp³-hybridized carbons (Fsp3) is 0.350. The summed E-state index contributed by atoms with van der Waals surface area (Å²) >= 11 is 0. The number of nitrogens with one attached hydrogen (secondary N) is 1. The molecule has 1 heterocycles. The lowest BCUT2D eigenvalue weighted by Gasteiger charge is -2.34. The number of aryl methyl sites for hydroxylation is 2. The minimum absolute atomic E-state index is 0.0676. The Kier molecular flexibility index (Phi) is 5.41. The van der Waals surface area contributed by atoms with Gasteiger partial charge in [0.15, 0.2) is 6.10 Å². The van der Waals surface area contributed by atoms with E-state index in [2.05, 4.69) is 5.32 Å². The van der Waals surface area contributed by atoms with Gasteiger partial charge in [0.25, 0.3) is 15.9 Å². The second-order valence-electron chi connectivity index (χ2n) is 6.65. The molecule has 0 bridgehead atoms. The van der Waals surface area contributed by atoms with Crippen molar-refractivity contribution >= 4 is 21.6 Å². The quantitative estimate of drug-likeness (QED) is 0.855. The zero-order valence-electron chi connectivity index (χ0n) is 15.7. The second kappa shape index (κ2) is 7.60. The molecule has 0 saturated carbocycles. The van der Waals surface area contributed by atoms with Crippen LogP contribution in [0.5, 0.6) is 5.75 Å². The molecule has 1 aliphatic rings. The molecule has 2 aromatic rings. The maximum Gasteiger partial charge on any atom is 0.264 e. The second-order valence-corrected chi connectivity index (χ2v) is 8.51. The molecule has 3 rings (SSSR count). The molecular formula is C20H24N2O4S. The van der Waals surface area contributed by atoms with Crippen LogP contribution in [0, 0.1) is 13.8 Å². The Hall–Kier alpha value is -2.54. The zero-order valence-corrected chi connectivity index (χ0v) is 16.5. The van der Waals surface area contributed by atoms with Crippen LogP contribution in [0.2, 0.25) is 0 Å². The van der Waals surface area contributed by atoms with Crippen molar-refractivity contribution in [2.24, 2.45) is 0 Å². The topological polar surface area (TPSA) is 75.7 Å². The van der Waals surface area contributed by atoms with Gasteiger partial charge in [0.1, 0.15) is 5.75 Å². The van der Waals surface area contributed by atoms with Crippen molar-refractivity contribution in [2.75, 3.05) is 17.4 Å². The Labute approximate surface area is 160 Å². The van der Waals surface area contributed by atoms with Crippen LogP contribution in [0.25, 0.3) is 0 Å². The zero-order chi connectivity index (χ0) is 19.6. The standard InChI is InChI=1S/C20H24N2O4S/c1-4-11-21-20(23)19-13-22(17-7-5-6-8-18(17)26-19)27(24,25)16-10-9-14(2)15(3)12-16/h5-10,12,19H,4,11,13H2,1-3H3,(H,21,23). The summed E-state index contributed by atoms with van der Waals surface area (Å²) < 4.78 is 33.7. The van der Waals surface area contributed by atoms with E-state index in [1.807, 2.05) is 20.8 Å². The third-order valence-electron chi connectivity index (χ3n) is 4.64. The Balaban J connectivity index is 2.01. The van der Waals surface area contributed by atoms with Gasteiger partial charge in [0.2, 0.25) is 0 Å². The van der Waals surface area contributed by atoms with Crippen LogP contribution >= 0.6 is 0 Å². The minimum atomic E-state index is -3.83. The molecule has 0 aliphatic carbocycles. The molecule has 144 valence electrons. The average molecular weight is 388 g/mol. The van der Waals surface area contributed by atoms with Gasteiger partial charge in [0, 0.05) is 6.54 Å². The summed E-state index contributed by atoms with van der Waals surface area (Å²) in [6.07, 6.45) is -0.104. The summed E-state index contributed by atoms with van der Waals surface area (Å²) in [6, 6.07) is 11.9. The predicted molar refractivity (Wildman–Crippen MR) is 105 cm³/mol. The molecular weight excluding hydrogens is 364 g/mol. The van der Waals surface area contributed by atoms with E-state index in [1.54, 1.807) is 42.5 Å². The predicted octanol–water partition coefficient (Wildman–Crippen LogP) is 2.79. The highest BCUT2D eigenvalue weighted by Gasteiger charge is 2.37. The van der Waals surface area contributed by atoms with E-state index >= 15 is 0 Å². The molecule has 1 amide bonds. The van der Waals surface area contributed by atoms with Crippen LogP contribution in [0.4, 0.5) is 5.69 Å². The third-order valence-corrected chi connectivity index (χ3v) is 6.42. The Morgan fingerprint density at radius 2 is 1.93 bits per heavy atom. The number of amides is 1. The van der Waals surface area contributed by atoms with Crippen molar-refractivity contribution in [3.8, 4) is 5.75 Å². The third kappa shape index (κ3) is 3.78. The number of carbonyl (C=O) groups is 1. The largest absolute Gasteiger partial charge is 0.476 e. The highest BCUT2D eigenvalue weighted by molar-refractivity contribution is 7.92. The molecule has 1 aliphatic heterocycles. The van der Waals surface area contributed by atoms with E-state index in [0.717, 1.165) is 17.5 Å². The van der Waals surface area contributed by atoms with Gasteiger partial charge in [-0.2, -0.15) is 0 Å². The number of sulfonamides is 1. The number of fused-ring (bicyclic) bond motifs is 1. The molecule has 0 spiro atoms. The highest BCUT2D eigenvalue weighted by Crippen LogP contribution is 2.37. The first-order chi connectivity index (χ1) is 12.8. The molecule has 0 aromatic heterocycles. The lowest BCUT2D eigenvalue weighted by atomic mass is 10.1. The van der Waals surface area contributed by atoms with Gasteiger partial charge < -0.3 is 10.1 Å². The average Bonchev–Trinajstić information content (AvgIpc) is 2.67. The molecule has 7 heteroatoms. The molecule has 6 nitrogen and oxygen atoms in total. The minimum Gasteiger partial charge on any atom is -0.476 e.